The number of amides is 1. The SMILES string of the molecule is COc1ccc(N(C(=O)COc2ccccc2C(C)C)S(=O)(=O)c2ccccc2)cc1. The summed E-state index contributed by atoms with van der Waals surface area (Å²) in [6, 6.07) is 21.5. The molecule has 3 aromatic rings. The third-order valence-electron chi connectivity index (χ3n) is 4.71. The number of para-hydroxylation sites is 1. The van der Waals surface area contributed by atoms with Crippen LogP contribution in [0.4, 0.5) is 5.69 Å². The van der Waals surface area contributed by atoms with Crippen LogP contribution in [0.15, 0.2) is 83.8 Å². The van der Waals surface area contributed by atoms with Crippen molar-refractivity contribution in [2.24, 2.45) is 0 Å². The number of anilines is 1. The van der Waals surface area contributed by atoms with E-state index in [1.165, 1.54) is 31.4 Å². The highest BCUT2D eigenvalue weighted by molar-refractivity contribution is 7.93. The lowest BCUT2D eigenvalue weighted by Gasteiger charge is -2.23. The first-order valence-electron chi connectivity index (χ1n) is 9.83. The molecule has 0 unspecified atom stereocenters. The van der Waals surface area contributed by atoms with Crippen molar-refractivity contribution in [3.05, 3.63) is 84.4 Å². The molecular weight excluding hydrogens is 414 g/mol. The van der Waals surface area contributed by atoms with E-state index in [1.807, 2.05) is 32.0 Å². The van der Waals surface area contributed by atoms with Crippen LogP contribution in [0.1, 0.15) is 25.3 Å². The van der Waals surface area contributed by atoms with Crippen molar-refractivity contribution in [1.82, 2.24) is 0 Å². The summed E-state index contributed by atoms with van der Waals surface area (Å²) in [6.07, 6.45) is 0. The highest BCUT2D eigenvalue weighted by atomic mass is 32.2. The molecule has 0 atom stereocenters. The molecule has 0 aliphatic carbocycles. The summed E-state index contributed by atoms with van der Waals surface area (Å²) < 4.78 is 38.3. The van der Waals surface area contributed by atoms with Crippen LogP contribution in [-0.4, -0.2) is 28.0 Å². The molecule has 31 heavy (non-hydrogen) atoms. The summed E-state index contributed by atoms with van der Waals surface area (Å²) in [6.45, 7) is 3.61. The van der Waals surface area contributed by atoms with E-state index in [-0.39, 0.29) is 16.5 Å². The summed E-state index contributed by atoms with van der Waals surface area (Å²) in [4.78, 5) is 13.2. The second kappa shape index (κ2) is 9.66. The van der Waals surface area contributed by atoms with Crippen LogP contribution in [0.2, 0.25) is 0 Å². The predicted octanol–water partition coefficient (Wildman–Crippen LogP) is 4.62. The summed E-state index contributed by atoms with van der Waals surface area (Å²) in [5.74, 6) is 0.595. The third kappa shape index (κ3) is 5.06. The minimum Gasteiger partial charge on any atom is -0.497 e. The zero-order valence-corrected chi connectivity index (χ0v) is 18.5. The molecule has 0 aliphatic rings. The zero-order chi connectivity index (χ0) is 22.4. The number of sulfonamides is 1. The van der Waals surface area contributed by atoms with Crippen LogP contribution in [0, 0.1) is 0 Å². The largest absolute Gasteiger partial charge is 0.497 e. The van der Waals surface area contributed by atoms with E-state index in [1.54, 1.807) is 36.4 Å². The number of methoxy groups -OCH3 is 1. The van der Waals surface area contributed by atoms with Crippen molar-refractivity contribution in [1.29, 1.82) is 0 Å². The molecule has 0 saturated heterocycles. The number of hydrogen-bond acceptors (Lipinski definition) is 5. The number of rotatable bonds is 8. The molecule has 3 rings (SSSR count). The third-order valence-corrected chi connectivity index (χ3v) is 6.47. The van der Waals surface area contributed by atoms with Gasteiger partial charge in [0.15, 0.2) is 6.61 Å². The van der Waals surface area contributed by atoms with Gasteiger partial charge in [-0.15, -0.1) is 0 Å². The quantitative estimate of drug-likeness (QED) is 0.512. The van der Waals surface area contributed by atoms with Gasteiger partial charge in [0.05, 0.1) is 17.7 Å². The van der Waals surface area contributed by atoms with Gasteiger partial charge in [-0.1, -0.05) is 50.2 Å². The molecule has 0 radical (unpaired) electrons. The van der Waals surface area contributed by atoms with Crippen molar-refractivity contribution in [3.8, 4) is 11.5 Å². The molecule has 0 spiro atoms. The highest BCUT2D eigenvalue weighted by Gasteiger charge is 2.31. The maximum atomic E-state index is 13.3. The number of nitrogens with zero attached hydrogens (tertiary/aromatic N) is 1. The Morgan fingerprint density at radius 2 is 1.52 bits per heavy atom. The molecule has 0 N–H and O–H groups in total. The Balaban J connectivity index is 1.95. The fourth-order valence-electron chi connectivity index (χ4n) is 3.12. The van der Waals surface area contributed by atoms with Crippen LogP contribution in [0.25, 0.3) is 0 Å². The lowest BCUT2D eigenvalue weighted by molar-refractivity contribution is -0.119. The van der Waals surface area contributed by atoms with E-state index in [9.17, 15) is 13.2 Å². The van der Waals surface area contributed by atoms with E-state index in [0.29, 0.717) is 11.5 Å². The Bertz CT molecular complexity index is 1130. The molecule has 6 nitrogen and oxygen atoms in total. The minimum atomic E-state index is -4.14. The van der Waals surface area contributed by atoms with Crippen molar-refractivity contribution in [2.75, 3.05) is 18.0 Å². The van der Waals surface area contributed by atoms with Gasteiger partial charge in [0.25, 0.3) is 15.9 Å². The van der Waals surface area contributed by atoms with Gasteiger partial charge in [-0.2, -0.15) is 4.31 Å². The summed E-state index contributed by atoms with van der Waals surface area (Å²) >= 11 is 0. The first kappa shape index (κ1) is 22.4. The van der Waals surface area contributed by atoms with Crippen molar-refractivity contribution >= 4 is 21.6 Å². The standard InChI is InChI=1S/C24H25NO5S/c1-18(2)22-11-7-8-12-23(22)30-17-24(26)25(19-13-15-20(29-3)16-14-19)31(27,28)21-9-5-4-6-10-21/h4-16,18H,17H2,1-3H3. The fraction of sp³-hybridized carbons (Fsp3) is 0.208. The van der Waals surface area contributed by atoms with E-state index < -0.39 is 22.5 Å². The van der Waals surface area contributed by atoms with E-state index >= 15 is 0 Å². The molecule has 0 aromatic heterocycles. The van der Waals surface area contributed by atoms with Gasteiger partial charge in [0.2, 0.25) is 0 Å². The number of benzene rings is 3. The minimum absolute atomic E-state index is 0.0155. The number of carbonyl (C=O) groups is 1. The van der Waals surface area contributed by atoms with Crippen molar-refractivity contribution < 1.29 is 22.7 Å². The second-order valence-corrected chi connectivity index (χ2v) is 8.94. The van der Waals surface area contributed by atoms with Crippen molar-refractivity contribution in [3.63, 3.8) is 0 Å². The molecular formula is C24H25NO5S. The average Bonchev–Trinajstić information content (AvgIpc) is 2.79. The van der Waals surface area contributed by atoms with Crippen molar-refractivity contribution in [2.45, 2.75) is 24.7 Å². The van der Waals surface area contributed by atoms with Gasteiger partial charge in [-0.3, -0.25) is 4.79 Å². The molecule has 0 saturated carbocycles. The lowest BCUT2D eigenvalue weighted by Crippen LogP contribution is -2.40. The maximum absolute atomic E-state index is 13.3. The molecule has 1 amide bonds. The smallest absolute Gasteiger partial charge is 0.278 e. The Morgan fingerprint density at radius 1 is 0.903 bits per heavy atom. The van der Waals surface area contributed by atoms with Gasteiger partial charge in [-0.25, -0.2) is 8.42 Å². The molecule has 7 heteroatoms. The number of ether oxygens (including phenoxy) is 2. The number of carbonyl (C=O) groups excluding carboxylic acids is 1. The van der Waals surface area contributed by atoms with Crippen LogP contribution in [0.3, 0.4) is 0 Å². The van der Waals surface area contributed by atoms with Crippen LogP contribution in [0.5, 0.6) is 11.5 Å². The molecule has 0 aliphatic heterocycles. The van der Waals surface area contributed by atoms with Crippen LogP contribution >= 0.6 is 0 Å². The monoisotopic (exact) mass is 439 g/mol. The average molecular weight is 440 g/mol. The predicted molar refractivity (Wildman–Crippen MR) is 120 cm³/mol. The molecule has 0 fully saturated rings. The summed E-state index contributed by atoms with van der Waals surface area (Å²) in [5.41, 5.74) is 1.15. The summed E-state index contributed by atoms with van der Waals surface area (Å²) in [5, 5.41) is 0. The molecule has 162 valence electrons. The van der Waals surface area contributed by atoms with Crippen LogP contribution < -0.4 is 13.8 Å². The number of hydrogen-bond donors (Lipinski definition) is 0. The molecule has 0 bridgehead atoms. The summed E-state index contributed by atoms with van der Waals surface area (Å²) in [7, 11) is -2.63. The Kier molecular flexibility index (Phi) is 6.97. The van der Waals surface area contributed by atoms with Gasteiger partial charge >= 0.3 is 0 Å². The Labute approximate surface area is 183 Å². The lowest BCUT2D eigenvalue weighted by atomic mass is 10.0. The van der Waals surface area contributed by atoms with E-state index in [4.69, 9.17) is 9.47 Å². The molecule has 3 aromatic carbocycles. The van der Waals surface area contributed by atoms with Gasteiger partial charge in [0.1, 0.15) is 11.5 Å². The Morgan fingerprint density at radius 3 is 2.13 bits per heavy atom. The zero-order valence-electron chi connectivity index (χ0n) is 17.7. The first-order chi connectivity index (χ1) is 14.8. The van der Waals surface area contributed by atoms with Gasteiger partial charge < -0.3 is 9.47 Å². The van der Waals surface area contributed by atoms with Gasteiger partial charge in [0, 0.05) is 0 Å². The van der Waals surface area contributed by atoms with E-state index in [2.05, 4.69) is 0 Å². The first-order valence-corrected chi connectivity index (χ1v) is 11.3. The van der Waals surface area contributed by atoms with Gasteiger partial charge in [-0.05, 0) is 53.9 Å². The normalized spacial score (nSPS) is 11.2. The topological polar surface area (TPSA) is 72.9 Å². The molecule has 0 heterocycles. The highest BCUT2D eigenvalue weighted by Crippen LogP contribution is 2.28. The van der Waals surface area contributed by atoms with Crippen LogP contribution in [-0.2, 0) is 14.8 Å². The maximum Gasteiger partial charge on any atom is 0.278 e. The second-order valence-electron chi connectivity index (χ2n) is 7.16. The van der Waals surface area contributed by atoms with E-state index in [0.717, 1.165) is 9.87 Å². The fourth-order valence-corrected chi connectivity index (χ4v) is 4.55. The Hall–Kier alpha value is -3.32.